The van der Waals surface area contributed by atoms with Gasteiger partial charge in [-0.25, -0.2) is 4.68 Å². The average molecular weight is 420 g/mol. The first-order chi connectivity index (χ1) is 15.1. The predicted octanol–water partition coefficient (Wildman–Crippen LogP) is 4.19. The third-order valence-electron chi connectivity index (χ3n) is 5.41. The van der Waals surface area contributed by atoms with Crippen LogP contribution in [-0.4, -0.2) is 33.6 Å². The average Bonchev–Trinajstić information content (AvgIpc) is 3.33. The summed E-state index contributed by atoms with van der Waals surface area (Å²) in [5, 5.41) is 7.54. The van der Waals surface area contributed by atoms with Gasteiger partial charge in [0.2, 0.25) is 12.7 Å². The Kier molecular flexibility index (Phi) is 4.97. The molecule has 0 spiro atoms. The zero-order valence-electron chi connectivity index (χ0n) is 17.5. The van der Waals surface area contributed by atoms with Gasteiger partial charge in [0, 0.05) is 17.2 Å². The van der Waals surface area contributed by atoms with Crippen LogP contribution in [0.1, 0.15) is 33.1 Å². The molecular formula is C23H24N4O4. The van der Waals surface area contributed by atoms with E-state index in [9.17, 15) is 4.79 Å². The molecule has 31 heavy (non-hydrogen) atoms. The summed E-state index contributed by atoms with van der Waals surface area (Å²) in [5.41, 5.74) is 2.40. The van der Waals surface area contributed by atoms with Gasteiger partial charge in [0.05, 0.1) is 11.8 Å². The highest BCUT2D eigenvalue weighted by Gasteiger charge is 2.25. The van der Waals surface area contributed by atoms with Crippen molar-refractivity contribution in [2.24, 2.45) is 5.92 Å². The first-order valence-corrected chi connectivity index (χ1v) is 10.5. The van der Waals surface area contributed by atoms with Crippen LogP contribution in [0.3, 0.4) is 0 Å². The van der Waals surface area contributed by atoms with E-state index in [4.69, 9.17) is 14.2 Å². The molecule has 1 amide bonds. The number of rotatable bonds is 6. The van der Waals surface area contributed by atoms with Crippen LogP contribution in [0.4, 0.5) is 5.69 Å². The molecule has 2 aromatic carbocycles. The summed E-state index contributed by atoms with van der Waals surface area (Å²) in [6.45, 7) is 4.07. The summed E-state index contributed by atoms with van der Waals surface area (Å²) in [6, 6.07) is 13.5. The number of carbonyl (C=O) groups excluding carboxylic acids is 1. The molecule has 160 valence electrons. The standard InChI is InChI=1S/C23H24N4O4/c1-14(2)31-23-25-21(16-6-11-19-20(12-16)30-13-29-19)27(26-23)18-9-7-17(8-10-18)24-22(28)15-4-3-5-15/h6-12,14-15H,3-5,13H2,1-2H3,(H,24,28). The van der Waals surface area contributed by atoms with Crippen molar-refractivity contribution in [3.05, 3.63) is 42.5 Å². The van der Waals surface area contributed by atoms with Gasteiger partial charge in [-0.1, -0.05) is 6.42 Å². The van der Waals surface area contributed by atoms with Crippen molar-refractivity contribution in [1.82, 2.24) is 14.8 Å². The molecule has 1 saturated carbocycles. The lowest BCUT2D eigenvalue weighted by atomic mass is 9.85. The number of anilines is 1. The van der Waals surface area contributed by atoms with E-state index in [0.29, 0.717) is 23.3 Å². The highest BCUT2D eigenvalue weighted by atomic mass is 16.7. The van der Waals surface area contributed by atoms with Gasteiger partial charge in [-0.05, 0) is 69.2 Å². The van der Waals surface area contributed by atoms with Gasteiger partial charge in [0.15, 0.2) is 17.3 Å². The first kappa shape index (κ1) is 19.4. The second-order valence-electron chi connectivity index (χ2n) is 8.03. The van der Waals surface area contributed by atoms with Gasteiger partial charge in [-0.15, -0.1) is 5.10 Å². The van der Waals surface area contributed by atoms with Crippen LogP contribution in [0, 0.1) is 5.92 Å². The summed E-state index contributed by atoms with van der Waals surface area (Å²) in [6.07, 6.45) is 3.03. The second kappa shape index (κ2) is 7.94. The number of amides is 1. The maximum atomic E-state index is 12.2. The van der Waals surface area contributed by atoms with E-state index in [1.807, 2.05) is 56.3 Å². The quantitative estimate of drug-likeness (QED) is 0.643. The van der Waals surface area contributed by atoms with Crippen molar-refractivity contribution in [3.8, 4) is 34.6 Å². The number of hydrogen-bond donors (Lipinski definition) is 1. The zero-order valence-corrected chi connectivity index (χ0v) is 17.5. The molecule has 1 aliphatic carbocycles. The third kappa shape index (κ3) is 3.93. The highest BCUT2D eigenvalue weighted by Crippen LogP contribution is 2.36. The molecule has 2 heterocycles. The second-order valence-corrected chi connectivity index (χ2v) is 8.03. The fraction of sp³-hybridized carbons (Fsp3) is 0.348. The Bertz CT molecular complexity index is 1100. The van der Waals surface area contributed by atoms with Crippen molar-refractivity contribution in [2.75, 3.05) is 12.1 Å². The Labute approximate surface area is 180 Å². The molecule has 8 heteroatoms. The van der Waals surface area contributed by atoms with Gasteiger partial charge in [0.1, 0.15) is 0 Å². The molecule has 1 N–H and O–H groups in total. The number of aromatic nitrogens is 3. The normalized spacial score (nSPS) is 15.1. The van der Waals surface area contributed by atoms with E-state index in [2.05, 4.69) is 15.4 Å². The Morgan fingerprint density at radius 3 is 2.61 bits per heavy atom. The molecule has 0 unspecified atom stereocenters. The lowest BCUT2D eigenvalue weighted by Gasteiger charge is -2.24. The van der Waals surface area contributed by atoms with Crippen LogP contribution >= 0.6 is 0 Å². The fourth-order valence-corrected chi connectivity index (χ4v) is 3.56. The minimum atomic E-state index is -0.0513. The molecule has 0 atom stereocenters. The molecule has 2 aliphatic rings. The Hall–Kier alpha value is -3.55. The molecule has 8 nitrogen and oxygen atoms in total. The zero-order chi connectivity index (χ0) is 21.4. The van der Waals surface area contributed by atoms with Crippen LogP contribution in [0.5, 0.6) is 17.5 Å². The fourth-order valence-electron chi connectivity index (χ4n) is 3.56. The summed E-state index contributed by atoms with van der Waals surface area (Å²) in [4.78, 5) is 16.8. The highest BCUT2D eigenvalue weighted by molar-refractivity contribution is 5.93. The van der Waals surface area contributed by atoms with Gasteiger partial charge >= 0.3 is 6.01 Å². The molecule has 1 aromatic heterocycles. The SMILES string of the molecule is CC(C)Oc1nc(-c2ccc3c(c2)OCO3)n(-c2ccc(NC(=O)C3CCC3)cc2)n1. The summed E-state index contributed by atoms with van der Waals surface area (Å²) >= 11 is 0. The lowest BCUT2D eigenvalue weighted by Crippen LogP contribution is -2.27. The topological polar surface area (TPSA) is 87.5 Å². The minimum absolute atomic E-state index is 0.0513. The summed E-state index contributed by atoms with van der Waals surface area (Å²) < 4.78 is 18.4. The van der Waals surface area contributed by atoms with Crippen LogP contribution in [0.25, 0.3) is 17.1 Å². The molecule has 0 bridgehead atoms. The van der Waals surface area contributed by atoms with Crippen molar-refractivity contribution >= 4 is 11.6 Å². The van der Waals surface area contributed by atoms with Gasteiger partial charge in [-0.2, -0.15) is 4.98 Å². The molecular weight excluding hydrogens is 396 g/mol. The number of fused-ring (bicyclic) bond motifs is 1. The van der Waals surface area contributed by atoms with Gasteiger partial charge < -0.3 is 19.5 Å². The molecule has 1 aliphatic heterocycles. The van der Waals surface area contributed by atoms with Crippen LogP contribution < -0.4 is 19.5 Å². The Morgan fingerprint density at radius 2 is 1.90 bits per heavy atom. The largest absolute Gasteiger partial charge is 0.460 e. The number of hydrogen-bond acceptors (Lipinski definition) is 6. The monoisotopic (exact) mass is 420 g/mol. The Balaban J connectivity index is 1.46. The molecule has 5 rings (SSSR count). The van der Waals surface area contributed by atoms with Crippen molar-refractivity contribution in [2.45, 2.75) is 39.2 Å². The third-order valence-corrected chi connectivity index (χ3v) is 5.41. The van der Waals surface area contributed by atoms with Gasteiger partial charge in [0.25, 0.3) is 0 Å². The van der Waals surface area contributed by atoms with E-state index in [1.165, 1.54) is 0 Å². The van der Waals surface area contributed by atoms with E-state index < -0.39 is 0 Å². The number of carbonyl (C=O) groups is 1. The van der Waals surface area contributed by atoms with E-state index in [0.717, 1.165) is 36.2 Å². The lowest BCUT2D eigenvalue weighted by molar-refractivity contribution is -0.122. The van der Waals surface area contributed by atoms with Crippen molar-refractivity contribution in [3.63, 3.8) is 0 Å². The van der Waals surface area contributed by atoms with E-state index in [1.54, 1.807) is 4.68 Å². The van der Waals surface area contributed by atoms with Crippen LogP contribution in [0.15, 0.2) is 42.5 Å². The maximum absolute atomic E-state index is 12.2. The number of nitrogens with zero attached hydrogens (tertiary/aromatic N) is 3. The van der Waals surface area contributed by atoms with Crippen molar-refractivity contribution < 1.29 is 19.0 Å². The van der Waals surface area contributed by atoms with Gasteiger partial charge in [-0.3, -0.25) is 4.79 Å². The number of ether oxygens (including phenoxy) is 3. The maximum Gasteiger partial charge on any atom is 0.336 e. The van der Waals surface area contributed by atoms with Crippen LogP contribution in [0.2, 0.25) is 0 Å². The summed E-state index contributed by atoms with van der Waals surface area (Å²) in [7, 11) is 0. The molecule has 0 radical (unpaired) electrons. The molecule has 3 aromatic rings. The van der Waals surface area contributed by atoms with E-state index >= 15 is 0 Å². The van der Waals surface area contributed by atoms with Crippen LogP contribution in [-0.2, 0) is 4.79 Å². The predicted molar refractivity (Wildman–Crippen MR) is 115 cm³/mol. The number of nitrogens with one attached hydrogen (secondary N) is 1. The summed E-state index contributed by atoms with van der Waals surface area (Å²) in [5.74, 6) is 2.24. The minimum Gasteiger partial charge on any atom is -0.460 e. The number of benzene rings is 2. The smallest absolute Gasteiger partial charge is 0.336 e. The van der Waals surface area contributed by atoms with E-state index in [-0.39, 0.29) is 24.7 Å². The molecule has 0 saturated heterocycles. The first-order valence-electron chi connectivity index (χ1n) is 10.5. The Morgan fingerprint density at radius 1 is 1.13 bits per heavy atom. The van der Waals surface area contributed by atoms with Crippen molar-refractivity contribution in [1.29, 1.82) is 0 Å². The molecule has 1 fully saturated rings.